The fraction of sp³-hybridized carbons (Fsp3) is 1.00. The average molecular weight is 363 g/mol. The van der Waals surface area contributed by atoms with Gasteiger partial charge in [0.05, 0.1) is 0 Å². The Morgan fingerprint density at radius 3 is 1.77 bits per heavy atom. The van der Waals surface area contributed by atoms with Crippen LogP contribution in [0.5, 0.6) is 0 Å². The van der Waals surface area contributed by atoms with Crippen molar-refractivity contribution in [3.05, 3.63) is 0 Å². The van der Waals surface area contributed by atoms with E-state index in [1.54, 1.807) is 12.8 Å². The molecule has 0 aromatic heterocycles. The molecule has 0 nitrogen and oxygen atoms in total. The van der Waals surface area contributed by atoms with Crippen LogP contribution in [0.2, 0.25) is 0 Å². The molecule has 0 saturated heterocycles. The Labute approximate surface area is 166 Å². The minimum atomic E-state index is 0.971. The van der Waals surface area contributed by atoms with Crippen molar-refractivity contribution in [3.8, 4) is 0 Å². The molecule has 2 aliphatic carbocycles. The van der Waals surface area contributed by atoms with Crippen molar-refractivity contribution in [2.45, 2.75) is 136 Å². The van der Waals surface area contributed by atoms with Crippen molar-refractivity contribution in [1.29, 1.82) is 0 Å². The highest BCUT2D eigenvalue weighted by Gasteiger charge is 2.29. The first-order valence-electron chi connectivity index (χ1n) is 12.7. The maximum absolute atomic E-state index is 2.53. The van der Waals surface area contributed by atoms with Gasteiger partial charge < -0.3 is 0 Å². The zero-order valence-corrected chi connectivity index (χ0v) is 18.6. The van der Waals surface area contributed by atoms with E-state index in [1.165, 1.54) is 103 Å². The zero-order valence-electron chi connectivity index (χ0n) is 18.6. The quantitative estimate of drug-likeness (QED) is 0.469. The molecule has 0 N–H and O–H groups in total. The fourth-order valence-electron chi connectivity index (χ4n) is 6.04. The molecule has 2 saturated carbocycles. The molecular weight excluding hydrogens is 312 g/mol. The molecule has 0 heterocycles. The molecular formula is C26H50. The molecule has 0 radical (unpaired) electrons. The average Bonchev–Trinajstić information content (AvgIpc) is 2.64. The molecule has 0 aromatic rings. The first-order chi connectivity index (χ1) is 12.7. The van der Waals surface area contributed by atoms with Crippen molar-refractivity contribution in [2.75, 3.05) is 0 Å². The molecule has 0 aromatic carbocycles. The molecule has 2 fully saturated rings. The van der Waals surface area contributed by atoms with E-state index in [-0.39, 0.29) is 0 Å². The molecule has 0 bridgehead atoms. The minimum Gasteiger partial charge on any atom is -0.0654 e. The van der Waals surface area contributed by atoms with Gasteiger partial charge in [0.2, 0.25) is 0 Å². The van der Waals surface area contributed by atoms with E-state index in [1.807, 2.05) is 0 Å². The second-order valence-electron chi connectivity index (χ2n) is 10.3. The summed E-state index contributed by atoms with van der Waals surface area (Å²) in [5.41, 5.74) is 0. The summed E-state index contributed by atoms with van der Waals surface area (Å²) in [7, 11) is 0. The lowest BCUT2D eigenvalue weighted by Gasteiger charge is -2.37. The summed E-state index contributed by atoms with van der Waals surface area (Å²) >= 11 is 0. The maximum atomic E-state index is 2.53. The van der Waals surface area contributed by atoms with Gasteiger partial charge in [0, 0.05) is 0 Å². The van der Waals surface area contributed by atoms with Gasteiger partial charge >= 0.3 is 0 Å². The summed E-state index contributed by atoms with van der Waals surface area (Å²) in [5, 5.41) is 0. The molecule has 2 rings (SSSR count). The molecule has 0 aliphatic heterocycles. The lowest BCUT2D eigenvalue weighted by Crippen LogP contribution is -2.26. The summed E-state index contributed by atoms with van der Waals surface area (Å²) in [6.45, 7) is 7.41. The first kappa shape index (κ1) is 22.3. The van der Waals surface area contributed by atoms with Gasteiger partial charge in [-0.2, -0.15) is 0 Å². The summed E-state index contributed by atoms with van der Waals surface area (Å²) in [6.07, 6.45) is 27.2. The molecule has 5 unspecified atom stereocenters. The van der Waals surface area contributed by atoms with E-state index < -0.39 is 0 Å². The normalized spacial score (nSPS) is 36.8. The van der Waals surface area contributed by atoms with Gasteiger partial charge in [-0.3, -0.25) is 0 Å². The third-order valence-electron chi connectivity index (χ3n) is 8.13. The number of hydrogen-bond donors (Lipinski definition) is 0. The Hall–Kier alpha value is 0. The standard InChI is InChI=1S/C26H50/c1-4-14-24-15-11-9-7-5-6-8-10-12-17-25(18-13-16-24)26-20-19-22(2)23(3)21-26/h22-26H,4-21H2,1-3H3. The zero-order chi connectivity index (χ0) is 18.6. The minimum absolute atomic E-state index is 0.971. The van der Waals surface area contributed by atoms with Gasteiger partial charge in [-0.15, -0.1) is 0 Å². The van der Waals surface area contributed by atoms with Gasteiger partial charge in [-0.05, 0) is 42.4 Å². The first-order valence-corrected chi connectivity index (χ1v) is 12.7. The predicted octanol–water partition coefficient (Wildman–Crippen LogP) is 9.18. The Bertz CT molecular complexity index is 333. The van der Waals surface area contributed by atoms with Crippen molar-refractivity contribution < 1.29 is 0 Å². The van der Waals surface area contributed by atoms with E-state index in [0.717, 1.165) is 29.6 Å². The summed E-state index contributed by atoms with van der Waals surface area (Å²) in [6, 6.07) is 0. The van der Waals surface area contributed by atoms with E-state index in [2.05, 4.69) is 20.8 Å². The molecule has 0 spiro atoms. The smallest absolute Gasteiger partial charge is 0.0383 e. The van der Waals surface area contributed by atoms with Gasteiger partial charge in [0.15, 0.2) is 0 Å². The number of hydrogen-bond acceptors (Lipinski definition) is 0. The largest absolute Gasteiger partial charge is 0.0654 e. The highest BCUT2D eigenvalue weighted by molar-refractivity contribution is 4.80. The number of rotatable bonds is 3. The van der Waals surface area contributed by atoms with Crippen LogP contribution in [0.4, 0.5) is 0 Å². The summed E-state index contributed by atoms with van der Waals surface area (Å²) in [5.74, 6) is 5.09. The van der Waals surface area contributed by atoms with Crippen LogP contribution in [0.15, 0.2) is 0 Å². The fourth-order valence-corrected chi connectivity index (χ4v) is 6.04. The van der Waals surface area contributed by atoms with Crippen molar-refractivity contribution in [3.63, 3.8) is 0 Å². The molecule has 5 atom stereocenters. The van der Waals surface area contributed by atoms with Crippen LogP contribution in [-0.4, -0.2) is 0 Å². The van der Waals surface area contributed by atoms with Crippen molar-refractivity contribution in [2.24, 2.45) is 29.6 Å². The Kier molecular flexibility index (Phi) is 11.3. The van der Waals surface area contributed by atoms with Crippen molar-refractivity contribution >= 4 is 0 Å². The lowest BCUT2D eigenvalue weighted by molar-refractivity contribution is 0.139. The van der Waals surface area contributed by atoms with Crippen LogP contribution in [0, 0.1) is 29.6 Å². The van der Waals surface area contributed by atoms with Gasteiger partial charge in [0.1, 0.15) is 0 Å². The SMILES string of the molecule is CCCC1CCCCCCCCCCC(C2CCC(C)C(C)C2)CCC1. The third kappa shape index (κ3) is 8.35. The Balaban J connectivity index is 1.88. The van der Waals surface area contributed by atoms with Crippen LogP contribution in [-0.2, 0) is 0 Å². The van der Waals surface area contributed by atoms with Gasteiger partial charge in [-0.25, -0.2) is 0 Å². The van der Waals surface area contributed by atoms with E-state index >= 15 is 0 Å². The van der Waals surface area contributed by atoms with Gasteiger partial charge in [0.25, 0.3) is 0 Å². The van der Waals surface area contributed by atoms with E-state index in [0.29, 0.717) is 0 Å². The van der Waals surface area contributed by atoms with Crippen molar-refractivity contribution in [1.82, 2.24) is 0 Å². The van der Waals surface area contributed by atoms with Crippen LogP contribution in [0.3, 0.4) is 0 Å². The molecule has 0 amide bonds. The highest BCUT2D eigenvalue weighted by atomic mass is 14.3. The highest BCUT2D eigenvalue weighted by Crippen LogP contribution is 2.41. The monoisotopic (exact) mass is 362 g/mol. The van der Waals surface area contributed by atoms with Crippen LogP contribution in [0.25, 0.3) is 0 Å². The van der Waals surface area contributed by atoms with Crippen LogP contribution < -0.4 is 0 Å². The summed E-state index contributed by atoms with van der Waals surface area (Å²) < 4.78 is 0. The Morgan fingerprint density at radius 2 is 1.12 bits per heavy atom. The molecule has 26 heavy (non-hydrogen) atoms. The van der Waals surface area contributed by atoms with Gasteiger partial charge in [-0.1, -0.05) is 124 Å². The molecule has 154 valence electrons. The third-order valence-corrected chi connectivity index (χ3v) is 8.13. The topological polar surface area (TPSA) is 0 Å². The van der Waals surface area contributed by atoms with Crippen LogP contribution >= 0.6 is 0 Å². The summed E-state index contributed by atoms with van der Waals surface area (Å²) in [4.78, 5) is 0. The Morgan fingerprint density at radius 1 is 0.538 bits per heavy atom. The maximum Gasteiger partial charge on any atom is -0.0383 e. The molecule has 2 aliphatic rings. The second-order valence-corrected chi connectivity index (χ2v) is 10.3. The van der Waals surface area contributed by atoms with E-state index in [9.17, 15) is 0 Å². The predicted molar refractivity (Wildman–Crippen MR) is 118 cm³/mol. The molecule has 0 heteroatoms. The second kappa shape index (κ2) is 13.2. The lowest BCUT2D eigenvalue weighted by atomic mass is 9.69. The van der Waals surface area contributed by atoms with E-state index in [4.69, 9.17) is 0 Å². The van der Waals surface area contributed by atoms with Crippen LogP contribution in [0.1, 0.15) is 136 Å².